The zero-order valence-electron chi connectivity index (χ0n) is 8.46. The van der Waals surface area contributed by atoms with E-state index in [1.807, 2.05) is 0 Å². The molecule has 1 amide bonds. The molecule has 16 heavy (non-hydrogen) atoms. The molecule has 86 valence electrons. The van der Waals surface area contributed by atoms with Gasteiger partial charge in [0.1, 0.15) is 0 Å². The Morgan fingerprint density at radius 3 is 2.56 bits per heavy atom. The Kier molecular flexibility index (Phi) is 4.41. The molecule has 3 N–H and O–H groups in total. The van der Waals surface area contributed by atoms with Gasteiger partial charge in [-0.3, -0.25) is 9.78 Å². The minimum atomic E-state index is -1.45. The molecule has 6 heteroatoms. The predicted octanol–water partition coefficient (Wildman–Crippen LogP) is -0.353. The first kappa shape index (κ1) is 12.1. The summed E-state index contributed by atoms with van der Waals surface area (Å²) >= 11 is 0. The second kappa shape index (κ2) is 5.82. The molecule has 1 aromatic heterocycles. The third-order valence-corrected chi connectivity index (χ3v) is 1.93. The number of carboxylic acid groups (broad SMARTS) is 1. The number of nitrogens with one attached hydrogen (secondary N) is 1. The number of amides is 1. The van der Waals surface area contributed by atoms with E-state index in [1.165, 1.54) is 12.4 Å². The molecule has 0 aliphatic heterocycles. The van der Waals surface area contributed by atoms with E-state index in [0.717, 1.165) is 0 Å². The lowest BCUT2D eigenvalue weighted by molar-refractivity contribution is -0.146. The first-order valence-corrected chi connectivity index (χ1v) is 4.70. The van der Waals surface area contributed by atoms with Crippen molar-refractivity contribution in [2.45, 2.75) is 12.5 Å². The SMILES string of the molecule is O=C(NCCC(O)C(=O)O)c1ccncc1. The highest BCUT2D eigenvalue weighted by atomic mass is 16.4. The number of aliphatic hydroxyl groups excluding tert-OH is 1. The van der Waals surface area contributed by atoms with Crippen LogP contribution < -0.4 is 5.32 Å². The van der Waals surface area contributed by atoms with Crippen LogP contribution in [-0.2, 0) is 4.79 Å². The van der Waals surface area contributed by atoms with Crippen LogP contribution in [0.4, 0.5) is 0 Å². The molecule has 1 aromatic rings. The Morgan fingerprint density at radius 1 is 1.38 bits per heavy atom. The molecule has 0 radical (unpaired) electrons. The third kappa shape index (κ3) is 3.66. The molecular formula is C10H12N2O4. The molecular weight excluding hydrogens is 212 g/mol. The molecule has 0 aliphatic rings. The van der Waals surface area contributed by atoms with Crippen LogP contribution in [0.2, 0.25) is 0 Å². The Bertz CT molecular complexity index is 366. The van der Waals surface area contributed by atoms with Crippen LogP contribution in [0, 0.1) is 0 Å². The molecule has 1 rings (SSSR count). The summed E-state index contributed by atoms with van der Waals surface area (Å²) in [7, 11) is 0. The predicted molar refractivity (Wildman–Crippen MR) is 54.8 cm³/mol. The van der Waals surface area contributed by atoms with Gasteiger partial charge < -0.3 is 15.5 Å². The van der Waals surface area contributed by atoms with Crippen molar-refractivity contribution in [2.75, 3.05) is 6.54 Å². The van der Waals surface area contributed by atoms with Crippen LogP contribution in [0.5, 0.6) is 0 Å². The maximum absolute atomic E-state index is 11.4. The molecule has 1 atom stereocenters. The van der Waals surface area contributed by atoms with E-state index in [1.54, 1.807) is 12.1 Å². The molecule has 0 bridgehead atoms. The number of aromatic nitrogens is 1. The Labute approximate surface area is 91.9 Å². The van der Waals surface area contributed by atoms with Gasteiger partial charge >= 0.3 is 5.97 Å². The summed E-state index contributed by atoms with van der Waals surface area (Å²) in [6.45, 7) is 0.106. The highest BCUT2D eigenvalue weighted by Gasteiger charge is 2.13. The highest BCUT2D eigenvalue weighted by molar-refractivity contribution is 5.93. The van der Waals surface area contributed by atoms with Crippen LogP contribution >= 0.6 is 0 Å². The molecule has 0 saturated carbocycles. The van der Waals surface area contributed by atoms with Crippen molar-refractivity contribution in [1.29, 1.82) is 0 Å². The van der Waals surface area contributed by atoms with Gasteiger partial charge in [0.05, 0.1) is 0 Å². The zero-order valence-corrected chi connectivity index (χ0v) is 8.46. The molecule has 1 heterocycles. The number of carboxylic acids is 1. The van der Waals surface area contributed by atoms with E-state index < -0.39 is 12.1 Å². The lowest BCUT2D eigenvalue weighted by Gasteiger charge is -2.06. The summed E-state index contributed by atoms with van der Waals surface area (Å²) in [5.41, 5.74) is 0.444. The van der Waals surface area contributed by atoms with Crippen molar-refractivity contribution in [3.8, 4) is 0 Å². The fourth-order valence-corrected chi connectivity index (χ4v) is 1.05. The van der Waals surface area contributed by atoms with Gasteiger partial charge in [0, 0.05) is 30.9 Å². The van der Waals surface area contributed by atoms with Gasteiger partial charge in [-0.05, 0) is 12.1 Å². The molecule has 0 aliphatic carbocycles. The summed E-state index contributed by atoms with van der Waals surface area (Å²) in [5.74, 6) is -1.61. The minimum Gasteiger partial charge on any atom is -0.479 e. The number of hydrogen-bond acceptors (Lipinski definition) is 4. The normalized spacial score (nSPS) is 11.8. The monoisotopic (exact) mass is 224 g/mol. The summed E-state index contributed by atoms with van der Waals surface area (Å²) in [6, 6.07) is 3.09. The maximum atomic E-state index is 11.4. The Morgan fingerprint density at radius 2 is 2.00 bits per heavy atom. The van der Waals surface area contributed by atoms with E-state index in [-0.39, 0.29) is 18.9 Å². The van der Waals surface area contributed by atoms with Gasteiger partial charge in [0.25, 0.3) is 5.91 Å². The van der Waals surface area contributed by atoms with Crippen molar-refractivity contribution in [2.24, 2.45) is 0 Å². The lowest BCUT2D eigenvalue weighted by Crippen LogP contribution is -2.30. The van der Waals surface area contributed by atoms with Crippen LogP contribution in [0.1, 0.15) is 16.8 Å². The summed E-state index contributed by atoms with van der Waals surface area (Å²) in [4.78, 5) is 25.5. The van der Waals surface area contributed by atoms with Gasteiger partial charge in [0.15, 0.2) is 6.10 Å². The number of nitrogens with zero attached hydrogens (tertiary/aromatic N) is 1. The lowest BCUT2D eigenvalue weighted by atomic mass is 10.2. The van der Waals surface area contributed by atoms with Crippen LogP contribution in [0.3, 0.4) is 0 Å². The fraction of sp³-hybridized carbons (Fsp3) is 0.300. The number of carbonyl (C=O) groups excluding carboxylic acids is 1. The van der Waals surface area contributed by atoms with Gasteiger partial charge in [-0.2, -0.15) is 0 Å². The van der Waals surface area contributed by atoms with E-state index in [4.69, 9.17) is 10.2 Å². The average Bonchev–Trinajstić information content (AvgIpc) is 2.29. The highest BCUT2D eigenvalue weighted by Crippen LogP contribution is 1.96. The van der Waals surface area contributed by atoms with Gasteiger partial charge in [-0.1, -0.05) is 0 Å². The largest absolute Gasteiger partial charge is 0.479 e. The maximum Gasteiger partial charge on any atom is 0.332 e. The van der Waals surface area contributed by atoms with Crippen molar-refractivity contribution in [3.63, 3.8) is 0 Å². The number of hydrogen-bond donors (Lipinski definition) is 3. The minimum absolute atomic E-state index is 0.0217. The number of carbonyl (C=O) groups is 2. The first-order chi connectivity index (χ1) is 7.61. The molecule has 0 fully saturated rings. The number of pyridine rings is 1. The van der Waals surface area contributed by atoms with Crippen molar-refractivity contribution < 1.29 is 19.8 Å². The smallest absolute Gasteiger partial charge is 0.332 e. The van der Waals surface area contributed by atoms with Gasteiger partial charge in [-0.25, -0.2) is 4.79 Å². The van der Waals surface area contributed by atoms with Gasteiger partial charge in [0.2, 0.25) is 0 Å². The Hall–Kier alpha value is -1.95. The van der Waals surface area contributed by atoms with E-state index >= 15 is 0 Å². The molecule has 0 aromatic carbocycles. The van der Waals surface area contributed by atoms with Gasteiger partial charge in [-0.15, -0.1) is 0 Å². The molecule has 6 nitrogen and oxygen atoms in total. The van der Waals surface area contributed by atoms with Crippen LogP contribution in [-0.4, -0.2) is 39.7 Å². The second-order valence-corrected chi connectivity index (χ2v) is 3.13. The molecule has 1 unspecified atom stereocenters. The summed E-state index contributed by atoms with van der Waals surface area (Å²) < 4.78 is 0. The number of rotatable bonds is 5. The van der Waals surface area contributed by atoms with Crippen molar-refractivity contribution in [1.82, 2.24) is 10.3 Å². The van der Waals surface area contributed by atoms with E-state index in [0.29, 0.717) is 5.56 Å². The fourth-order valence-electron chi connectivity index (χ4n) is 1.05. The standard InChI is InChI=1S/C10H12N2O4/c13-8(10(15)16)3-6-12-9(14)7-1-4-11-5-2-7/h1-2,4-5,8,13H,3,6H2,(H,12,14)(H,15,16). The average molecular weight is 224 g/mol. The topological polar surface area (TPSA) is 99.5 Å². The quantitative estimate of drug-likeness (QED) is 0.634. The van der Waals surface area contributed by atoms with E-state index in [2.05, 4.69) is 10.3 Å². The van der Waals surface area contributed by atoms with Crippen LogP contribution in [0.25, 0.3) is 0 Å². The Balaban J connectivity index is 2.34. The zero-order chi connectivity index (χ0) is 12.0. The number of aliphatic carboxylic acids is 1. The number of aliphatic hydroxyl groups is 1. The third-order valence-electron chi connectivity index (χ3n) is 1.93. The summed E-state index contributed by atoms with van der Waals surface area (Å²) in [5, 5.41) is 19.8. The molecule has 0 spiro atoms. The molecule has 0 saturated heterocycles. The van der Waals surface area contributed by atoms with Crippen LogP contribution in [0.15, 0.2) is 24.5 Å². The first-order valence-electron chi connectivity index (χ1n) is 4.70. The van der Waals surface area contributed by atoms with Crippen molar-refractivity contribution in [3.05, 3.63) is 30.1 Å². The van der Waals surface area contributed by atoms with Crippen molar-refractivity contribution >= 4 is 11.9 Å². The second-order valence-electron chi connectivity index (χ2n) is 3.13. The summed E-state index contributed by atoms with van der Waals surface area (Å²) in [6.07, 6.45) is 1.51. The van der Waals surface area contributed by atoms with E-state index in [9.17, 15) is 9.59 Å².